The van der Waals surface area contributed by atoms with Gasteiger partial charge in [-0.25, -0.2) is 9.98 Å². The van der Waals surface area contributed by atoms with E-state index >= 15 is 0 Å². The molecule has 3 rings (SSSR count). The molecule has 17 heavy (non-hydrogen) atoms. The van der Waals surface area contributed by atoms with Crippen LogP contribution in [-0.2, 0) is 0 Å². The molecule has 1 aromatic heterocycles. The monoisotopic (exact) mass is 233 g/mol. The number of hydrogen-bond acceptors (Lipinski definition) is 4. The molecule has 0 saturated heterocycles. The average molecular weight is 233 g/mol. The van der Waals surface area contributed by atoms with E-state index in [1.54, 1.807) is 0 Å². The zero-order valence-corrected chi connectivity index (χ0v) is 10.5. The predicted octanol–water partition coefficient (Wildman–Crippen LogP) is 1.44. The Labute approximate surface area is 101 Å². The average Bonchev–Trinajstić information content (AvgIpc) is 3.09. The van der Waals surface area contributed by atoms with Crippen molar-refractivity contribution < 1.29 is 0 Å². The maximum atomic E-state index is 4.75. The molecule has 0 unspecified atom stereocenters. The van der Waals surface area contributed by atoms with E-state index in [-0.39, 0.29) is 0 Å². The maximum absolute atomic E-state index is 4.75. The Morgan fingerprint density at radius 2 is 2.24 bits per heavy atom. The lowest BCUT2D eigenvalue weighted by molar-refractivity contribution is 0.801. The third kappa shape index (κ3) is 1.79. The number of rotatable bonds is 3. The summed E-state index contributed by atoms with van der Waals surface area (Å²) < 4.78 is 0. The molecule has 0 amide bonds. The summed E-state index contributed by atoms with van der Waals surface area (Å²) >= 11 is 0. The van der Waals surface area contributed by atoms with E-state index in [2.05, 4.69) is 34.0 Å². The van der Waals surface area contributed by atoms with Gasteiger partial charge in [0.15, 0.2) is 11.7 Å². The molecule has 0 atom stereocenters. The van der Waals surface area contributed by atoms with Gasteiger partial charge in [-0.3, -0.25) is 0 Å². The van der Waals surface area contributed by atoms with Crippen molar-refractivity contribution in [3.63, 3.8) is 0 Å². The fourth-order valence-corrected chi connectivity index (χ4v) is 2.19. The Kier molecular flexibility index (Phi) is 2.53. The van der Waals surface area contributed by atoms with Gasteiger partial charge in [-0.2, -0.15) is 0 Å². The maximum Gasteiger partial charge on any atom is 0.159 e. The van der Waals surface area contributed by atoms with Gasteiger partial charge in [-0.1, -0.05) is 0 Å². The molecule has 5 nitrogen and oxygen atoms in total. The smallest absolute Gasteiger partial charge is 0.159 e. The van der Waals surface area contributed by atoms with Crippen molar-refractivity contribution in [1.82, 2.24) is 15.3 Å². The summed E-state index contributed by atoms with van der Waals surface area (Å²) in [6, 6.07) is 0. The van der Waals surface area contributed by atoms with Crippen molar-refractivity contribution >= 4 is 11.7 Å². The summed E-state index contributed by atoms with van der Waals surface area (Å²) in [5.41, 5.74) is 1.07. The van der Waals surface area contributed by atoms with Gasteiger partial charge in [-0.15, -0.1) is 0 Å². The molecule has 1 aromatic rings. The van der Waals surface area contributed by atoms with Crippen molar-refractivity contribution in [2.45, 2.75) is 32.6 Å². The summed E-state index contributed by atoms with van der Waals surface area (Å²) in [5.74, 6) is 3.83. The van der Waals surface area contributed by atoms with Crippen molar-refractivity contribution in [1.29, 1.82) is 0 Å². The van der Waals surface area contributed by atoms with E-state index in [4.69, 9.17) is 4.98 Å². The highest BCUT2D eigenvalue weighted by atomic mass is 15.3. The van der Waals surface area contributed by atoms with Crippen LogP contribution < -0.4 is 10.2 Å². The molecule has 0 radical (unpaired) electrons. The number of amidine groups is 1. The summed E-state index contributed by atoms with van der Waals surface area (Å²) in [6.07, 6.45) is 2.54. The first kappa shape index (κ1) is 10.6. The molecular weight excluding hydrogens is 214 g/mol. The number of nitrogens with one attached hydrogen (secondary N) is 2. The number of imidazole rings is 1. The Hall–Kier alpha value is -1.52. The van der Waals surface area contributed by atoms with Gasteiger partial charge >= 0.3 is 0 Å². The Balaban J connectivity index is 1.97. The molecule has 1 aliphatic carbocycles. The Morgan fingerprint density at radius 3 is 2.88 bits per heavy atom. The van der Waals surface area contributed by atoms with Gasteiger partial charge in [0.05, 0.1) is 0 Å². The van der Waals surface area contributed by atoms with Crippen LogP contribution in [0.3, 0.4) is 0 Å². The third-order valence-electron chi connectivity index (χ3n) is 3.33. The van der Waals surface area contributed by atoms with Crippen molar-refractivity contribution in [3.8, 4) is 0 Å². The first-order chi connectivity index (χ1) is 8.33. The van der Waals surface area contributed by atoms with Crippen molar-refractivity contribution in [2.24, 2.45) is 4.99 Å². The molecule has 1 aliphatic heterocycles. The van der Waals surface area contributed by atoms with E-state index < -0.39 is 0 Å². The Morgan fingerprint density at radius 1 is 1.41 bits per heavy atom. The molecule has 1 fully saturated rings. The van der Waals surface area contributed by atoms with E-state index in [1.807, 2.05) is 0 Å². The van der Waals surface area contributed by atoms with E-state index in [0.29, 0.717) is 12.6 Å². The number of H-pyrrole nitrogens is 1. The van der Waals surface area contributed by atoms with Crippen LogP contribution in [-0.4, -0.2) is 35.6 Å². The van der Waals surface area contributed by atoms with Crippen LogP contribution in [0.1, 0.15) is 44.1 Å². The second-order valence-corrected chi connectivity index (χ2v) is 4.63. The van der Waals surface area contributed by atoms with E-state index in [1.165, 1.54) is 12.8 Å². The molecule has 2 heterocycles. The number of nitrogens with zero attached hydrogens (tertiary/aromatic N) is 3. The number of aromatic nitrogens is 2. The topological polar surface area (TPSA) is 56.3 Å². The van der Waals surface area contributed by atoms with E-state index in [0.717, 1.165) is 36.3 Å². The minimum atomic E-state index is 0.655. The fraction of sp³-hybridized carbons (Fsp3) is 0.667. The number of aromatic amines is 1. The predicted molar refractivity (Wildman–Crippen MR) is 68.7 cm³/mol. The van der Waals surface area contributed by atoms with Crippen molar-refractivity contribution in [2.75, 3.05) is 24.7 Å². The van der Waals surface area contributed by atoms with Crippen LogP contribution in [0.25, 0.3) is 0 Å². The minimum absolute atomic E-state index is 0.655. The zero-order valence-electron chi connectivity index (χ0n) is 10.5. The van der Waals surface area contributed by atoms with Crippen molar-refractivity contribution in [3.05, 3.63) is 11.5 Å². The molecule has 0 aromatic carbocycles. The van der Waals surface area contributed by atoms with Gasteiger partial charge in [0.1, 0.15) is 18.2 Å². The first-order valence-electron chi connectivity index (χ1n) is 6.47. The van der Waals surface area contributed by atoms with Gasteiger partial charge in [0.25, 0.3) is 0 Å². The standard InChI is InChI=1S/C12H19N5/c1-3-13-11-9-12(17(4-2)7-14-11)16-10(15-9)8-5-6-8/h8H,3-7H2,1-2H3,(H,13,14)(H,15,16). The lowest BCUT2D eigenvalue weighted by Gasteiger charge is -2.24. The SMILES string of the molecule is CCNC1=NCN(CC)c2nc(C3CC3)[nH]c21. The van der Waals surface area contributed by atoms with Crippen LogP contribution in [0.5, 0.6) is 0 Å². The summed E-state index contributed by atoms with van der Waals surface area (Å²) in [5, 5.41) is 3.31. The normalized spacial score (nSPS) is 18.9. The number of anilines is 1. The van der Waals surface area contributed by atoms with Crippen LogP contribution in [0.4, 0.5) is 5.82 Å². The van der Waals surface area contributed by atoms with Gasteiger partial charge in [-0.05, 0) is 26.7 Å². The largest absolute Gasteiger partial charge is 0.369 e. The molecule has 0 bridgehead atoms. The quantitative estimate of drug-likeness (QED) is 0.830. The summed E-state index contributed by atoms with van der Waals surface area (Å²) in [7, 11) is 0. The van der Waals surface area contributed by atoms with Crippen LogP contribution in [0.2, 0.25) is 0 Å². The molecule has 92 valence electrons. The zero-order chi connectivity index (χ0) is 11.8. The molecular formula is C12H19N5. The lowest BCUT2D eigenvalue weighted by atomic mass is 10.3. The number of aliphatic imine (C=N–C) groups is 1. The molecule has 0 spiro atoms. The number of fused-ring (bicyclic) bond motifs is 1. The lowest BCUT2D eigenvalue weighted by Crippen LogP contribution is -2.35. The highest BCUT2D eigenvalue weighted by molar-refractivity contribution is 6.02. The highest BCUT2D eigenvalue weighted by Crippen LogP contribution is 2.40. The van der Waals surface area contributed by atoms with Gasteiger partial charge in [0.2, 0.25) is 0 Å². The summed E-state index contributed by atoms with van der Waals surface area (Å²) in [4.78, 5) is 15.0. The molecule has 2 N–H and O–H groups in total. The fourth-order valence-electron chi connectivity index (χ4n) is 2.19. The Bertz CT molecular complexity index is 444. The van der Waals surface area contributed by atoms with Crippen LogP contribution >= 0.6 is 0 Å². The van der Waals surface area contributed by atoms with Gasteiger partial charge in [0, 0.05) is 19.0 Å². The van der Waals surface area contributed by atoms with Crippen LogP contribution in [0.15, 0.2) is 4.99 Å². The minimum Gasteiger partial charge on any atom is -0.369 e. The molecule has 1 saturated carbocycles. The molecule has 5 heteroatoms. The first-order valence-corrected chi connectivity index (χ1v) is 6.47. The second-order valence-electron chi connectivity index (χ2n) is 4.63. The second kappa shape index (κ2) is 4.05. The van der Waals surface area contributed by atoms with Gasteiger partial charge < -0.3 is 15.2 Å². The number of hydrogen-bond donors (Lipinski definition) is 2. The third-order valence-corrected chi connectivity index (χ3v) is 3.33. The molecule has 2 aliphatic rings. The van der Waals surface area contributed by atoms with Crippen LogP contribution in [0, 0.1) is 0 Å². The van der Waals surface area contributed by atoms with E-state index in [9.17, 15) is 0 Å². The summed E-state index contributed by atoms with van der Waals surface area (Å²) in [6.45, 7) is 6.78. The highest BCUT2D eigenvalue weighted by Gasteiger charge is 2.31.